The molecule has 0 radical (unpaired) electrons. The van der Waals surface area contributed by atoms with E-state index < -0.39 is 6.10 Å². The number of halogens is 2. The highest BCUT2D eigenvalue weighted by atomic mass is 35.5. The summed E-state index contributed by atoms with van der Waals surface area (Å²) in [6.07, 6.45) is 4.88. The Morgan fingerprint density at radius 1 is 1.23 bits per heavy atom. The second kappa shape index (κ2) is 6.97. The van der Waals surface area contributed by atoms with Crippen molar-refractivity contribution in [2.75, 3.05) is 13.1 Å². The minimum Gasteiger partial charge on any atom is -0.387 e. The Morgan fingerprint density at radius 2 is 1.91 bits per heavy atom. The van der Waals surface area contributed by atoms with E-state index in [2.05, 4.69) is 10.3 Å². The molecule has 3 rings (SSSR count). The maximum atomic E-state index is 10.1. The number of pyridine rings is 1. The fraction of sp³-hybridized carbons (Fsp3) is 0.353. The van der Waals surface area contributed by atoms with Crippen LogP contribution in [0.3, 0.4) is 0 Å². The monoisotopic (exact) mass is 336 g/mol. The summed E-state index contributed by atoms with van der Waals surface area (Å²) in [5.41, 5.74) is 3.41. The lowest BCUT2D eigenvalue weighted by Gasteiger charge is -2.14. The quantitative estimate of drug-likeness (QED) is 0.879. The maximum Gasteiger partial charge on any atom is 0.0929 e. The molecule has 3 nitrogen and oxygen atoms in total. The molecule has 22 heavy (non-hydrogen) atoms. The summed E-state index contributed by atoms with van der Waals surface area (Å²) in [5.74, 6) is 0.519. The lowest BCUT2D eigenvalue weighted by atomic mass is 10.1. The molecule has 0 amide bonds. The Kier molecular flexibility index (Phi) is 4.99. The van der Waals surface area contributed by atoms with Gasteiger partial charge in [0.25, 0.3) is 0 Å². The molecule has 0 spiro atoms. The van der Waals surface area contributed by atoms with Crippen molar-refractivity contribution in [3.63, 3.8) is 0 Å². The number of hydrogen-bond acceptors (Lipinski definition) is 3. The predicted octanol–water partition coefficient (Wildman–Crippen LogP) is 3.43. The molecule has 1 aromatic heterocycles. The van der Waals surface area contributed by atoms with Gasteiger partial charge in [-0.2, -0.15) is 0 Å². The highest BCUT2D eigenvalue weighted by Gasteiger charge is 2.22. The van der Waals surface area contributed by atoms with Crippen LogP contribution in [0.4, 0.5) is 0 Å². The van der Waals surface area contributed by atoms with Crippen molar-refractivity contribution < 1.29 is 5.11 Å². The molecule has 5 heteroatoms. The number of nitrogens with one attached hydrogen (secondary N) is 1. The van der Waals surface area contributed by atoms with Gasteiger partial charge in [-0.25, -0.2) is 0 Å². The maximum absolute atomic E-state index is 10.1. The summed E-state index contributed by atoms with van der Waals surface area (Å²) in [6.45, 7) is 1.39. The molecule has 116 valence electrons. The number of aliphatic hydroxyl groups is 1. The molecule has 0 saturated carbocycles. The van der Waals surface area contributed by atoms with E-state index in [1.807, 2.05) is 24.3 Å². The molecule has 0 saturated heterocycles. The van der Waals surface area contributed by atoms with E-state index >= 15 is 0 Å². The van der Waals surface area contributed by atoms with Gasteiger partial charge in [0.05, 0.1) is 16.1 Å². The number of benzene rings is 1. The van der Waals surface area contributed by atoms with Crippen molar-refractivity contribution in [1.82, 2.24) is 10.3 Å². The van der Waals surface area contributed by atoms with Crippen LogP contribution in [0.25, 0.3) is 0 Å². The van der Waals surface area contributed by atoms with Gasteiger partial charge in [0.1, 0.15) is 0 Å². The summed E-state index contributed by atoms with van der Waals surface area (Å²) in [4.78, 5) is 4.02. The average molecular weight is 337 g/mol. The van der Waals surface area contributed by atoms with Crippen molar-refractivity contribution in [3.8, 4) is 0 Å². The van der Waals surface area contributed by atoms with Gasteiger partial charge in [0, 0.05) is 24.5 Å². The summed E-state index contributed by atoms with van der Waals surface area (Å²) < 4.78 is 0. The fourth-order valence-corrected chi connectivity index (χ4v) is 3.34. The molecule has 1 aliphatic rings. The van der Waals surface area contributed by atoms with Crippen LogP contribution in [0.5, 0.6) is 0 Å². The third kappa shape index (κ3) is 3.61. The number of hydrogen-bond donors (Lipinski definition) is 2. The standard InChI is InChI=1S/C17H18Cl2N2O/c18-15-6-13-4-11(5-14(13)7-16(15)19)8-21-10-17(22)12-2-1-3-20-9-12/h1-3,6-7,9,11,17,21-22H,4-5,8,10H2/t17-/m1/s1. The Hall–Kier alpha value is -1.13. The summed E-state index contributed by atoms with van der Waals surface area (Å²) in [6, 6.07) is 7.67. The van der Waals surface area contributed by atoms with Gasteiger partial charge in [-0.15, -0.1) is 0 Å². The summed E-state index contributed by atoms with van der Waals surface area (Å²) >= 11 is 12.1. The molecular weight excluding hydrogens is 319 g/mol. The first-order valence-electron chi connectivity index (χ1n) is 7.39. The minimum absolute atomic E-state index is 0.519. The third-order valence-electron chi connectivity index (χ3n) is 4.10. The Morgan fingerprint density at radius 3 is 2.50 bits per heavy atom. The zero-order valence-electron chi connectivity index (χ0n) is 12.1. The largest absolute Gasteiger partial charge is 0.387 e. The van der Waals surface area contributed by atoms with Crippen molar-refractivity contribution >= 4 is 23.2 Å². The zero-order chi connectivity index (χ0) is 15.5. The van der Waals surface area contributed by atoms with E-state index in [1.54, 1.807) is 12.4 Å². The lowest BCUT2D eigenvalue weighted by molar-refractivity contribution is 0.172. The van der Waals surface area contributed by atoms with Crippen molar-refractivity contribution in [1.29, 1.82) is 0 Å². The molecule has 1 aliphatic carbocycles. The Labute approximate surface area is 140 Å². The molecule has 2 N–H and O–H groups in total. The topological polar surface area (TPSA) is 45.1 Å². The van der Waals surface area contributed by atoms with Crippen molar-refractivity contribution in [2.24, 2.45) is 5.92 Å². The lowest BCUT2D eigenvalue weighted by Crippen LogP contribution is -2.27. The average Bonchev–Trinajstić information content (AvgIpc) is 2.90. The van der Waals surface area contributed by atoms with E-state index in [4.69, 9.17) is 23.2 Å². The number of rotatable bonds is 5. The van der Waals surface area contributed by atoms with Crippen LogP contribution >= 0.6 is 23.2 Å². The van der Waals surface area contributed by atoms with Gasteiger partial charge in [-0.3, -0.25) is 4.98 Å². The molecule has 1 heterocycles. The zero-order valence-corrected chi connectivity index (χ0v) is 13.6. The van der Waals surface area contributed by atoms with E-state index in [-0.39, 0.29) is 0 Å². The number of fused-ring (bicyclic) bond motifs is 1. The molecule has 0 unspecified atom stereocenters. The van der Waals surface area contributed by atoms with Crippen LogP contribution in [0.2, 0.25) is 10.0 Å². The van der Waals surface area contributed by atoms with Gasteiger partial charge in [-0.1, -0.05) is 29.3 Å². The number of aromatic nitrogens is 1. The highest BCUT2D eigenvalue weighted by Crippen LogP contribution is 2.33. The second-order valence-electron chi connectivity index (χ2n) is 5.77. The first-order valence-corrected chi connectivity index (χ1v) is 8.14. The van der Waals surface area contributed by atoms with Gasteiger partial charge >= 0.3 is 0 Å². The Bertz CT molecular complexity index is 618. The first kappa shape index (κ1) is 15.8. The van der Waals surface area contributed by atoms with Gasteiger partial charge < -0.3 is 10.4 Å². The fourth-order valence-electron chi connectivity index (χ4n) is 2.96. The normalized spacial score (nSPS) is 15.8. The second-order valence-corrected chi connectivity index (χ2v) is 6.58. The van der Waals surface area contributed by atoms with Crippen molar-refractivity contribution in [3.05, 3.63) is 63.4 Å². The predicted molar refractivity (Wildman–Crippen MR) is 89.4 cm³/mol. The third-order valence-corrected chi connectivity index (χ3v) is 4.82. The van der Waals surface area contributed by atoms with Crippen LogP contribution in [0.15, 0.2) is 36.7 Å². The Balaban J connectivity index is 1.50. The number of aliphatic hydroxyl groups excluding tert-OH is 1. The van der Waals surface area contributed by atoms with Gasteiger partial charge in [0.15, 0.2) is 0 Å². The summed E-state index contributed by atoms with van der Waals surface area (Å²) in [7, 11) is 0. The van der Waals surface area contributed by atoms with Crippen LogP contribution in [0, 0.1) is 5.92 Å². The summed E-state index contributed by atoms with van der Waals surface area (Å²) in [5, 5.41) is 14.7. The molecule has 0 fully saturated rings. The smallest absolute Gasteiger partial charge is 0.0929 e. The van der Waals surface area contributed by atoms with Crippen LogP contribution in [-0.4, -0.2) is 23.2 Å². The van der Waals surface area contributed by atoms with E-state index in [1.165, 1.54) is 11.1 Å². The van der Waals surface area contributed by atoms with Gasteiger partial charge in [0.2, 0.25) is 0 Å². The van der Waals surface area contributed by atoms with Crippen molar-refractivity contribution in [2.45, 2.75) is 18.9 Å². The first-order chi connectivity index (χ1) is 10.6. The number of nitrogens with zero attached hydrogens (tertiary/aromatic N) is 1. The van der Waals surface area contributed by atoms with E-state index in [0.29, 0.717) is 22.5 Å². The van der Waals surface area contributed by atoms with E-state index in [9.17, 15) is 5.11 Å². The molecular formula is C17H18Cl2N2O. The highest BCUT2D eigenvalue weighted by molar-refractivity contribution is 6.42. The van der Waals surface area contributed by atoms with Gasteiger partial charge in [-0.05, 0) is 54.6 Å². The van der Waals surface area contributed by atoms with Crippen LogP contribution < -0.4 is 5.32 Å². The molecule has 0 bridgehead atoms. The minimum atomic E-state index is -0.527. The van der Waals surface area contributed by atoms with Crippen LogP contribution in [0.1, 0.15) is 22.8 Å². The molecule has 1 atom stereocenters. The molecule has 2 aromatic rings. The van der Waals surface area contributed by atoms with Crippen LogP contribution in [-0.2, 0) is 12.8 Å². The SMILES string of the molecule is O[C@H](CNCC1Cc2cc(Cl)c(Cl)cc2C1)c1cccnc1. The molecule has 1 aromatic carbocycles. The van der Waals surface area contributed by atoms with E-state index in [0.717, 1.165) is 24.9 Å². The molecule has 0 aliphatic heterocycles.